The molecule has 1 aromatic rings. The molecule has 1 fully saturated rings. The van der Waals surface area contributed by atoms with Crippen molar-refractivity contribution in [1.29, 1.82) is 5.26 Å². The van der Waals surface area contributed by atoms with Crippen LogP contribution in [0.4, 0.5) is 0 Å². The largest absolute Gasteiger partial charge is 0.302 e. The van der Waals surface area contributed by atoms with E-state index in [0.29, 0.717) is 5.54 Å². The average Bonchev–Trinajstić information content (AvgIpc) is 2.33. The summed E-state index contributed by atoms with van der Waals surface area (Å²) in [7, 11) is 6.54. The van der Waals surface area contributed by atoms with E-state index in [4.69, 9.17) is 5.26 Å². The summed E-state index contributed by atoms with van der Waals surface area (Å²) in [5, 5.41) is 8.93. The van der Waals surface area contributed by atoms with Crippen LogP contribution >= 0.6 is 0 Å². The monoisotopic (exact) mass is 257 g/mol. The summed E-state index contributed by atoms with van der Waals surface area (Å²) in [6, 6.07) is 10.1. The van der Waals surface area contributed by atoms with Crippen molar-refractivity contribution < 1.29 is 0 Å². The molecule has 3 nitrogen and oxygen atoms in total. The van der Waals surface area contributed by atoms with Gasteiger partial charge in [0.25, 0.3) is 0 Å². The van der Waals surface area contributed by atoms with Gasteiger partial charge in [0.1, 0.15) is 0 Å². The van der Waals surface area contributed by atoms with E-state index >= 15 is 0 Å². The van der Waals surface area contributed by atoms with E-state index in [2.05, 4.69) is 43.1 Å². The maximum absolute atomic E-state index is 8.93. The molecule has 0 amide bonds. The van der Waals surface area contributed by atoms with Gasteiger partial charge < -0.3 is 9.80 Å². The first-order valence-electron chi connectivity index (χ1n) is 6.91. The number of nitriles is 1. The first-order chi connectivity index (χ1) is 9.05. The van der Waals surface area contributed by atoms with Gasteiger partial charge in [0.2, 0.25) is 0 Å². The summed E-state index contributed by atoms with van der Waals surface area (Å²) in [6.07, 6.45) is 3.93. The number of benzene rings is 1. The molecule has 1 aromatic carbocycles. The first-order valence-corrected chi connectivity index (χ1v) is 6.91. The van der Waals surface area contributed by atoms with E-state index in [1.165, 1.54) is 24.8 Å². The third-order valence-corrected chi connectivity index (χ3v) is 4.31. The Morgan fingerprint density at radius 2 is 2.00 bits per heavy atom. The Morgan fingerprint density at radius 3 is 2.53 bits per heavy atom. The van der Waals surface area contributed by atoms with Crippen LogP contribution in [-0.4, -0.2) is 43.0 Å². The van der Waals surface area contributed by atoms with Crippen molar-refractivity contribution in [2.45, 2.75) is 31.3 Å². The Kier molecular flexibility index (Phi) is 4.24. The highest BCUT2D eigenvalue weighted by Gasteiger charge is 2.39. The molecule has 0 radical (unpaired) electrons. The van der Waals surface area contributed by atoms with Crippen molar-refractivity contribution in [2.24, 2.45) is 0 Å². The molecule has 102 valence electrons. The highest BCUT2D eigenvalue weighted by atomic mass is 15.2. The molecule has 2 rings (SSSR count). The third-order valence-electron chi connectivity index (χ3n) is 4.31. The molecule has 0 heterocycles. The maximum Gasteiger partial charge on any atom is 0.0991 e. The lowest BCUT2D eigenvalue weighted by Crippen LogP contribution is -2.56. The Morgan fingerprint density at radius 1 is 1.26 bits per heavy atom. The Bertz CT molecular complexity index is 469. The molecule has 0 atom stereocenters. The van der Waals surface area contributed by atoms with Crippen molar-refractivity contribution in [1.82, 2.24) is 9.80 Å². The van der Waals surface area contributed by atoms with Crippen molar-refractivity contribution in [3.05, 3.63) is 35.4 Å². The molecule has 3 heteroatoms. The van der Waals surface area contributed by atoms with Crippen molar-refractivity contribution >= 4 is 0 Å². The molecular formula is C16H23N3. The van der Waals surface area contributed by atoms with Crippen molar-refractivity contribution in [2.75, 3.05) is 27.7 Å². The third kappa shape index (κ3) is 3.15. The molecule has 1 aliphatic carbocycles. The van der Waals surface area contributed by atoms with Crippen molar-refractivity contribution in [3.8, 4) is 6.07 Å². The summed E-state index contributed by atoms with van der Waals surface area (Å²) < 4.78 is 0. The lowest BCUT2D eigenvalue weighted by Gasteiger charge is -2.49. The van der Waals surface area contributed by atoms with Gasteiger partial charge in [-0.2, -0.15) is 5.26 Å². The minimum Gasteiger partial charge on any atom is -0.302 e. The van der Waals surface area contributed by atoms with Gasteiger partial charge in [-0.1, -0.05) is 12.1 Å². The van der Waals surface area contributed by atoms with Crippen LogP contribution in [0.15, 0.2) is 24.3 Å². The maximum atomic E-state index is 8.93. The lowest BCUT2D eigenvalue weighted by atomic mass is 9.75. The minimum atomic E-state index is 0.363. The SMILES string of the molecule is CN(Cc1cccc(C#N)c1)CC1(N(C)C)CCC1. The zero-order chi connectivity index (χ0) is 13.9. The highest BCUT2D eigenvalue weighted by molar-refractivity contribution is 5.32. The Hall–Kier alpha value is -1.37. The number of hydrogen-bond donors (Lipinski definition) is 0. The smallest absolute Gasteiger partial charge is 0.0991 e. The fourth-order valence-corrected chi connectivity index (χ4v) is 2.94. The van der Waals surface area contributed by atoms with E-state index < -0.39 is 0 Å². The number of hydrogen-bond acceptors (Lipinski definition) is 3. The van der Waals surface area contributed by atoms with Gasteiger partial charge in [0.05, 0.1) is 11.6 Å². The van der Waals surface area contributed by atoms with E-state index in [1.54, 1.807) is 0 Å². The second kappa shape index (κ2) is 5.73. The van der Waals surface area contributed by atoms with Gasteiger partial charge in [0, 0.05) is 18.6 Å². The van der Waals surface area contributed by atoms with Crippen LogP contribution in [0.3, 0.4) is 0 Å². The fraction of sp³-hybridized carbons (Fsp3) is 0.562. The van der Waals surface area contributed by atoms with Crippen LogP contribution in [0, 0.1) is 11.3 Å². The zero-order valence-electron chi connectivity index (χ0n) is 12.2. The summed E-state index contributed by atoms with van der Waals surface area (Å²) >= 11 is 0. The van der Waals surface area contributed by atoms with Gasteiger partial charge in [-0.3, -0.25) is 0 Å². The Balaban J connectivity index is 1.97. The normalized spacial score (nSPS) is 17.3. The van der Waals surface area contributed by atoms with Crippen molar-refractivity contribution in [3.63, 3.8) is 0 Å². The second-order valence-electron chi connectivity index (χ2n) is 5.96. The first kappa shape index (κ1) is 14.0. The average molecular weight is 257 g/mol. The quantitative estimate of drug-likeness (QED) is 0.812. The summed E-state index contributed by atoms with van der Waals surface area (Å²) in [4.78, 5) is 4.74. The predicted octanol–water partition coefficient (Wildman–Crippen LogP) is 2.47. The van der Waals surface area contributed by atoms with E-state index in [0.717, 1.165) is 18.7 Å². The summed E-state index contributed by atoms with van der Waals surface area (Å²) in [6.45, 7) is 2.00. The topological polar surface area (TPSA) is 30.3 Å². The molecule has 0 spiro atoms. The lowest BCUT2D eigenvalue weighted by molar-refractivity contribution is 0.0259. The molecule has 1 aliphatic rings. The van der Waals surface area contributed by atoms with E-state index in [-0.39, 0.29) is 0 Å². The second-order valence-corrected chi connectivity index (χ2v) is 5.96. The molecule has 0 saturated heterocycles. The molecule has 0 unspecified atom stereocenters. The van der Waals surface area contributed by atoms with Crippen LogP contribution < -0.4 is 0 Å². The predicted molar refractivity (Wildman–Crippen MR) is 77.8 cm³/mol. The van der Waals surface area contributed by atoms with Crippen LogP contribution in [0.5, 0.6) is 0 Å². The standard InChI is InChI=1S/C16H23N3/c1-18(2)16(8-5-9-16)13-19(3)12-15-7-4-6-14(10-15)11-17/h4,6-7,10H,5,8-9,12-13H2,1-3H3. The van der Waals surface area contributed by atoms with Gasteiger partial charge in [-0.15, -0.1) is 0 Å². The van der Waals surface area contributed by atoms with Gasteiger partial charge >= 0.3 is 0 Å². The minimum absolute atomic E-state index is 0.363. The molecule has 1 saturated carbocycles. The molecule has 0 aromatic heterocycles. The zero-order valence-corrected chi connectivity index (χ0v) is 12.2. The highest BCUT2D eigenvalue weighted by Crippen LogP contribution is 2.36. The van der Waals surface area contributed by atoms with Crippen LogP contribution in [0.25, 0.3) is 0 Å². The molecule has 19 heavy (non-hydrogen) atoms. The molecule has 0 N–H and O–H groups in total. The van der Waals surface area contributed by atoms with E-state index in [9.17, 15) is 0 Å². The van der Waals surface area contributed by atoms with E-state index in [1.807, 2.05) is 18.2 Å². The van der Waals surface area contributed by atoms with Crippen LogP contribution in [-0.2, 0) is 6.54 Å². The molecule has 0 bridgehead atoms. The summed E-state index contributed by atoms with van der Waals surface area (Å²) in [5.74, 6) is 0. The fourth-order valence-electron chi connectivity index (χ4n) is 2.94. The van der Waals surface area contributed by atoms with Gasteiger partial charge in [-0.05, 0) is 58.1 Å². The number of nitrogens with zero attached hydrogens (tertiary/aromatic N) is 3. The van der Waals surface area contributed by atoms with Gasteiger partial charge in [-0.25, -0.2) is 0 Å². The number of rotatable bonds is 5. The van der Waals surface area contributed by atoms with Crippen LogP contribution in [0.1, 0.15) is 30.4 Å². The molecule has 0 aliphatic heterocycles. The summed E-state index contributed by atoms with van der Waals surface area (Å²) in [5.41, 5.74) is 2.33. The molecular weight excluding hydrogens is 234 g/mol. The number of likely N-dealkylation sites (N-methyl/N-ethyl adjacent to an activating group) is 2. The van der Waals surface area contributed by atoms with Crippen LogP contribution in [0.2, 0.25) is 0 Å². The Labute approximate surface area is 116 Å². The van der Waals surface area contributed by atoms with Gasteiger partial charge in [0.15, 0.2) is 0 Å².